The molecule has 1 amide bonds. The molecule has 3 rings (SSSR count). The molecule has 2 aliphatic rings. The zero-order valence-corrected chi connectivity index (χ0v) is 11.0. The van der Waals surface area contributed by atoms with Gasteiger partial charge in [-0.15, -0.1) is 0 Å². The van der Waals surface area contributed by atoms with Crippen LogP contribution in [0.1, 0.15) is 37.8 Å². The van der Waals surface area contributed by atoms with Crippen molar-refractivity contribution < 1.29 is 4.79 Å². The molecule has 5 heteroatoms. The summed E-state index contributed by atoms with van der Waals surface area (Å²) >= 11 is 0. The van der Waals surface area contributed by atoms with Gasteiger partial charge in [0.05, 0.1) is 17.9 Å². The van der Waals surface area contributed by atoms with Crippen molar-refractivity contribution in [2.24, 2.45) is 0 Å². The van der Waals surface area contributed by atoms with Gasteiger partial charge < -0.3 is 14.8 Å². The van der Waals surface area contributed by atoms with E-state index in [4.69, 9.17) is 0 Å². The van der Waals surface area contributed by atoms with Gasteiger partial charge in [0.1, 0.15) is 5.82 Å². The second-order valence-corrected chi connectivity index (χ2v) is 5.40. The van der Waals surface area contributed by atoms with Gasteiger partial charge in [0.25, 0.3) is 0 Å². The number of amides is 1. The summed E-state index contributed by atoms with van der Waals surface area (Å²) in [5.74, 6) is 1.36. The van der Waals surface area contributed by atoms with E-state index in [-0.39, 0.29) is 11.9 Å². The van der Waals surface area contributed by atoms with Crippen molar-refractivity contribution >= 4 is 5.91 Å². The van der Waals surface area contributed by atoms with Gasteiger partial charge in [-0.25, -0.2) is 4.98 Å². The molecule has 0 aliphatic carbocycles. The maximum Gasteiger partial charge on any atom is 0.219 e. The topological polar surface area (TPSA) is 50.2 Å². The van der Waals surface area contributed by atoms with Crippen LogP contribution >= 0.6 is 0 Å². The van der Waals surface area contributed by atoms with Gasteiger partial charge in [0.2, 0.25) is 5.91 Å². The van der Waals surface area contributed by atoms with Gasteiger partial charge in [-0.05, 0) is 13.3 Å². The van der Waals surface area contributed by atoms with Crippen LogP contribution in [0.4, 0.5) is 0 Å². The van der Waals surface area contributed by atoms with Crippen molar-refractivity contribution in [3.05, 3.63) is 17.7 Å². The highest BCUT2D eigenvalue weighted by molar-refractivity contribution is 5.73. The molecular formula is C13H20N4O. The molecular weight excluding hydrogens is 228 g/mol. The summed E-state index contributed by atoms with van der Waals surface area (Å²) in [6.45, 7) is 6.40. The minimum Gasteiger partial charge on any atom is -0.339 e. The Labute approximate surface area is 107 Å². The lowest BCUT2D eigenvalue weighted by Crippen LogP contribution is -2.52. The zero-order chi connectivity index (χ0) is 12.7. The number of hydrogen-bond acceptors (Lipinski definition) is 3. The van der Waals surface area contributed by atoms with Gasteiger partial charge >= 0.3 is 0 Å². The summed E-state index contributed by atoms with van der Waals surface area (Å²) in [4.78, 5) is 18.0. The average Bonchev–Trinajstić information content (AvgIpc) is 2.89. The van der Waals surface area contributed by atoms with E-state index in [2.05, 4.69) is 21.8 Å². The van der Waals surface area contributed by atoms with Gasteiger partial charge in [-0.3, -0.25) is 4.79 Å². The van der Waals surface area contributed by atoms with Crippen LogP contribution in [-0.4, -0.2) is 39.5 Å². The maximum absolute atomic E-state index is 11.6. The largest absolute Gasteiger partial charge is 0.339 e. The first-order valence-corrected chi connectivity index (χ1v) is 6.71. The molecule has 1 aromatic rings. The Hall–Kier alpha value is -1.36. The minimum absolute atomic E-state index is 0.162. The third-order valence-corrected chi connectivity index (χ3v) is 3.94. The molecule has 0 radical (unpaired) electrons. The summed E-state index contributed by atoms with van der Waals surface area (Å²) < 4.78 is 2.31. The number of carbonyl (C=O) groups excluding carboxylic acids is 1. The molecule has 1 N–H and O–H groups in total. The van der Waals surface area contributed by atoms with Crippen LogP contribution in [0.25, 0.3) is 0 Å². The SMILES string of the molecule is CC(=O)N1CC(C)NC(c2cnc3n2CCC3)C1. The molecule has 5 nitrogen and oxygen atoms in total. The predicted molar refractivity (Wildman–Crippen MR) is 68.1 cm³/mol. The molecule has 1 saturated heterocycles. The second kappa shape index (κ2) is 4.39. The van der Waals surface area contributed by atoms with E-state index >= 15 is 0 Å². The molecule has 1 fully saturated rings. The molecule has 0 bridgehead atoms. The quantitative estimate of drug-likeness (QED) is 0.796. The van der Waals surface area contributed by atoms with Crippen LogP contribution in [0, 0.1) is 0 Å². The van der Waals surface area contributed by atoms with Gasteiger partial charge in [0, 0.05) is 39.0 Å². The highest BCUT2D eigenvalue weighted by atomic mass is 16.2. The van der Waals surface area contributed by atoms with E-state index in [9.17, 15) is 4.79 Å². The Balaban J connectivity index is 1.84. The van der Waals surface area contributed by atoms with E-state index in [0.29, 0.717) is 6.04 Å². The number of aromatic nitrogens is 2. The molecule has 0 aromatic carbocycles. The molecule has 0 spiro atoms. The fourth-order valence-electron chi connectivity index (χ4n) is 3.07. The fraction of sp³-hybridized carbons (Fsp3) is 0.692. The number of hydrogen-bond donors (Lipinski definition) is 1. The van der Waals surface area contributed by atoms with Crippen molar-refractivity contribution in [2.75, 3.05) is 13.1 Å². The number of nitrogens with one attached hydrogen (secondary N) is 1. The van der Waals surface area contributed by atoms with E-state index in [1.165, 1.54) is 17.9 Å². The Morgan fingerprint density at radius 2 is 2.33 bits per heavy atom. The minimum atomic E-state index is 0.162. The number of piperazine rings is 1. The van der Waals surface area contributed by atoms with Crippen molar-refractivity contribution in [1.29, 1.82) is 0 Å². The predicted octanol–water partition coefficient (Wildman–Crippen LogP) is 0.711. The summed E-state index contributed by atoms with van der Waals surface area (Å²) in [5.41, 5.74) is 1.24. The van der Waals surface area contributed by atoms with Gasteiger partial charge in [0.15, 0.2) is 0 Å². The van der Waals surface area contributed by atoms with Gasteiger partial charge in [-0.2, -0.15) is 0 Å². The smallest absolute Gasteiger partial charge is 0.219 e. The number of nitrogens with zero attached hydrogens (tertiary/aromatic N) is 3. The molecule has 0 saturated carbocycles. The molecule has 18 heavy (non-hydrogen) atoms. The molecule has 1 aromatic heterocycles. The van der Waals surface area contributed by atoms with Crippen LogP contribution in [-0.2, 0) is 17.8 Å². The highest BCUT2D eigenvalue weighted by Crippen LogP contribution is 2.24. The van der Waals surface area contributed by atoms with E-state index in [1.54, 1.807) is 6.92 Å². The van der Waals surface area contributed by atoms with E-state index in [0.717, 1.165) is 26.1 Å². The first-order chi connectivity index (χ1) is 8.65. The number of imidazole rings is 1. The van der Waals surface area contributed by atoms with Crippen LogP contribution in [0.15, 0.2) is 6.20 Å². The Kier molecular flexibility index (Phi) is 2.86. The maximum atomic E-state index is 11.6. The zero-order valence-electron chi connectivity index (χ0n) is 11.0. The Bertz CT molecular complexity index is 468. The van der Waals surface area contributed by atoms with Crippen molar-refractivity contribution in [1.82, 2.24) is 19.8 Å². The number of rotatable bonds is 1. The first kappa shape index (κ1) is 11.7. The lowest BCUT2D eigenvalue weighted by Gasteiger charge is -2.37. The molecule has 2 aliphatic heterocycles. The Morgan fingerprint density at radius 1 is 1.50 bits per heavy atom. The summed E-state index contributed by atoms with van der Waals surface area (Å²) in [6, 6.07) is 0.553. The number of aryl methyl sites for hydroxylation is 1. The lowest BCUT2D eigenvalue weighted by atomic mass is 10.1. The Morgan fingerprint density at radius 3 is 3.11 bits per heavy atom. The lowest BCUT2D eigenvalue weighted by molar-refractivity contribution is -0.130. The molecule has 98 valence electrons. The standard InChI is InChI=1S/C13H20N4O/c1-9-7-16(10(2)18)8-11(15-9)12-6-14-13-4-3-5-17(12)13/h6,9,11,15H,3-5,7-8H2,1-2H3. The summed E-state index contributed by atoms with van der Waals surface area (Å²) in [6.07, 6.45) is 4.25. The van der Waals surface area contributed by atoms with Crippen LogP contribution in [0.2, 0.25) is 0 Å². The second-order valence-electron chi connectivity index (χ2n) is 5.40. The number of fused-ring (bicyclic) bond motifs is 1. The normalized spacial score (nSPS) is 27.3. The fourth-order valence-corrected chi connectivity index (χ4v) is 3.07. The first-order valence-electron chi connectivity index (χ1n) is 6.71. The van der Waals surface area contributed by atoms with Crippen molar-refractivity contribution in [2.45, 2.75) is 45.3 Å². The van der Waals surface area contributed by atoms with Crippen LogP contribution in [0.3, 0.4) is 0 Å². The van der Waals surface area contributed by atoms with Crippen molar-refractivity contribution in [3.8, 4) is 0 Å². The van der Waals surface area contributed by atoms with Gasteiger partial charge in [-0.1, -0.05) is 0 Å². The molecule has 3 heterocycles. The van der Waals surface area contributed by atoms with E-state index in [1.807, 2.05) is 11.1 Å². The third kappa shape index (κ3) is 1.92. The van der Waals surface area contributed by atoms with E-state index < -0.39 is 0 Å². The molecule has 2 unspecified atom stereocenters. The summed E-state index contributed by atoms with van der Waals surface area (Å²) in [5, 5.41) is 3.58. The highest BCUT2D eigenvalue weighted by Gasteiger charge is 2.30. The molecule has 2 atom stereocenters. The summed E-state index contributed by atoms with van der Waals surface area (Å²) in [7, 11) is 0. The monoisotopic (exact) mass is 248 g/mol. The average molecular weight is 248 g/mol. The third-order valence-electron chi connectivity index (χ3n) is 3.94. The van der Waals surface area contributed by atoms with Crippen LogP contribution < -0.4 is 5.32 Å². The van der Waals surface area contributed by atoms with Crippen molar-refractivity contribution in [3.63, 3.8) is 0 Å². The number of carbonyl (C=O) groups is 1. The van der Waals surface area contributed by atoms with Crippen LogP contribution in [0.5, 0.6) is 0 Å².